The number of aliphatic hydroxyl groups excluding tert-OH is 2. The Morgan fingerprint density at radius 3 is 2.56 bits per heavy atom. The van der Waals surface area contributed by atoms with Gasteiger partial charge in [0.1, 0.15) is 17.7 Å². The van der Waals surface area contributed by atoms with Gasteiger partial charge in [-0.05, 0) is 17.6 Å². The second-order valence-electron chi connectivity index (χ2n) is 8.31. The van der Waals surface area contributed by atoms with Crippen LogP contribution in [0.5, 0.6) is 0 Å². The molecule has 1 unspecified atom stereocenters. The fraction of sp³-hybridized carbons (Fsp3) is 0.812. The van der Waals surface area contributed by atoms with Crippen molar-refractivity contribution in [3.8, 4) is 0 Å². The molecule has 0 aromatic heterocycles. The van der Waals surface area contributed by atoms with Crippen molar-refractivity contribution in [3.05, 3.63) is 10.4 Å². The molecule has 3 amide bonds. The molecule has 150 valence electrons. The van der Waals surface area contributed by atoms with Crippen molar-refractivity contribution in [2.45, 2.75) is 59.0 Å². The van der Waals surface area contributed by atoms with Crippen LogP contribution in [0, 0.1) is 10.8 Å². The van der Waals surface area contributed by atoms with Crippen LogP contribution in [0.25, 0.3) is 10.4 Å². The number of carbonyl (C=O) groups is 3. The lowest BCUT2D eigenvalue weighted by atomic mass is 9.75. The summed E-state index contributed by atoms with van der Waals surface area (Å²) in [5.74, 6) is -1.29. The summed E-state index contributed by atoms with van der Waals surface area (Å²) in [7, 11) is 0. The van der Waals surface area contributed by atoms with Crippen molar-refractivity contribution >= 4 is 17.7 Å². The lowest BCUT2D eigenvalue weighted by Crippen LogP contribution is -2.64. The Kier molecular flexibility index (Phi) is 5.81. The van der Waals surface area contributed by atoms with Crippen LogP contribution >= 0.6 is 0 Å². The number of azide groups is 1. The number of amides is 3. The Labute approximate surface area is 156 Å². The number of Topliss-reactive ketones (excluding diaryl/α,β-unsaturated/α-hetero) is 1. The minimum Gasteiger partial charge on any atom is -0.394 e. The Balaban J connectivity index is 2.38. The molecule has 0 spiro atoms. The highest BCUT2D eigenvalue weighted by molar-refractivity contribution is 6.12. The third-order valence-corrected chi connectivity index (χ3v) is 4.75. The Hall–Kier alpha value is -2.20. The van der Waals surface area contributed by atoms with E-state index in [-0.39, 0.29) is 19.4 Å². The van der Waals surface area contributed by atoms with Gasteiger partial charge >= 0.3 is 11.9 Å². The van der Waals surface area contributed by atoms with Crippen molar-refractivity contribution in [1.29, 1.82) is 0 Å². The standard InChI is InChI=1S/C16H25N5O6/c1-15(2,3)6-11(24)16(4)8-20(12-5-9(23)10(7-22)27-12)14(26)21(13(16)25)19-18-17/h9-10,12,22-23H,5-8H2,1-4H3/t9-,10+,12+,16?/m0/s1. The highest BCUT2D eigenvalue weighted by Crippen LogP contribution is 2.36. The molecule has 4 atom stereocenters. The lowest BCUT2D eigenvalue weighted by molar-refractivity contribution is -0.157. The van der Waals surface area contributed by atoms with E-state index in [9.17, 15) is 24.6 Å². The monoisotopic (exact) mass is 383 g/mol. The van der Waals surface area contributed by atoms with Crippen LogP contribution in [0.2, 0.25) is 0 Å². The van der Waals surface area contributed by atoms with Gasteiger partial charge < -0.3 is 14.9 Å². The quantitative estimate of drug-likeness (QED) is 0.311. The zero-order valence-corrected chi connectivity index (χ0v) is 15.8. The lowest BCUT2D eigenvalue weighted by Gasteiger charge is -2.41. The zero-order valence-electron chi connectivity index (χ0n) is 15.8. The molecule has 0 aliphatic carbocycles. The number of ketones is 1. The van der Waals surface area contributed by atoms with E-state index in [0.717, 1.165) is 4.90 Å². The molecular weight excluding hydrogens is 358 g/mol. The van der Waals surface area contributed by atoms with Crippen LogP contribution in [-0.2, 0) is 14.3 Å². The molecule has 0 aromatic carbocycles. The van der Waals surface area contributed by atoms with Crippen LogP contribution < -0.4 is 0 Å². The summed E-state index contributed by atoms with van der Waals surface area (Å²) >= 11 is 0. The van der Waals surface area contributed by atoms with Gasteiger partial charge in [-0.15, -0.1) is 5.53 Å². The second kappa shape index (κ2) is 7.43. The molecule has 11 heteroatoms. The number of ether oxygens (including phenoxy) is 1. The summed E-state index contributed by atoms with van der Waals surface area (Å²) in [6.07, 6.45) is -2.77. The summed E-state index contributed by atoms with van der Waals surface area (Å²) in [5, 5.41) is 22.7. The van der Waals surface area contributed by atoms with E-state index in [2.05, 4.69) is 10.1 Å². The first-order valence-corrected chi connectivity index (χ1v) is 8.62. The third kappa shape index (κ3) is 4.06. The van der Waals surface area contributed by atoms with Gasteiger partial charge in [-0.2, -0.15) is 4.91 Å². The molecule has 2 aliphatic heterocycles. The van der Waals surface area contributed by atoms with Crippen molar-refractivity contribution in [2.75, 3.05) is 13.2 Å². The van der Waals surface area contributed by atoms with Gasteiger partial charge in [0.25, 0.3) is 0 Å². The van der Waals surface area contributed by atoms with Gasteiger partial charge in [-0.1, -0.05) is 25.8 Å². The van der Waals surface area contributed by atoms with Gasteiger partial charge in [0.05, 0.1) is 19.3 Å². The van der Waals surface area contributed by atoms with Crippen LogP contribution in [0.15, 0.2) is 5.22 Å². The number of aliphatic hydroxyl groups is 2. The maximum absolute atomic E-state index is 12.9. The molecule has 0 radical (unpaired) electrons. The fourth-order valence-electron chi connectivity index (χ4n) is 3.22. The van der Waals surface area contributed by atoms with E-state index in [0.29, 0.717) is 5.01 Å². The first-order valence-electron chi connectivity index (χ1n) is 8.62. The summed E-state index contributed by atoms with van der Waals surface area (Å²) in [5.41, 5.74) is 6.71. The highest BCUT2D eigenvalue weighted by atomic mass is 16.5. The molecule has 2 fully saturated rings. The molecule has 2 heterocycles. The molecule has 2 aliphatic rings. The number of nitrogens with zero attached hydrogens (tertiary/aromatic N) is 5. The van der Waals surface area contributed by atoms with Crippen LogP contribution in [-0.4, -0.2) is 69.4 Å². The number of hydrogen-bond acceptors (Lipinski definition) is 7. The largest absolute Gasteiger partial charge is 0.424 e. The number of rotatable bonds is 5. The van der Waals surface area contributed by atoms with Crippen LogP contribution in [0.1, 0.15) is 40.5 Å². The first kappa shape index (κ1) is 21.1. The summed E-state index contributed by atoms with van der Waals surface area (Å²) in [6, 6.07) is -0.936. The molecule has 2 rings (SSSR count). The molecule has 0 saturated carbocycles. The second-order valence-corrected chi connectivity index (χ2v) is 8.31. The topological polar surface area (TPSA) is 156 Å². The van der Waals surface area contributed by atoms with Gasteiger partial charge in [0, 0.05) is 12.8 Å². The summed E-state index contributed by atoms with van der Waals surface area (Å²) < 4.78 is 5.49. The first-order chi connectivity index (χ1) is 12.4. The average Bonchev–Trinajstić information content (AvgIpc) is 2.94. The van der Waals surface area contributed by atoms with Crippen LogP contribution in [0.3, 0.4) is 0 Å². The van der Waals surface area contributed by atoms with Crippen molar-refractivity contribution in [1.82, 2.24) is 9.91 Å². The van der Waals surface area contributed by atoms with Crippen molar-refractivity contribution in [3.63, 3.8) is 0 Å². The van der Waals surface area contributed by atoms with Gasteiger partial charge in [0.2, 0.25) is 0 Å². The predicted octanol–water partition coefficient (Wildman–Crippen LogP) is 0.956. The minimum atomic E-state index is -1.62. The fourth-order valence-corrected chi connectivity index (χ4v) is 3.22. The number of carbonyl (C=O) groups excluding carboxylic acids is 3. The van der Waals surface area contributed by atoms with Gasteiger partial charge in [-0.25, -0.2) is 9.59 Å². The van der Waals surface area contributed by atoms with E-state index >= 15 is 0 Å². The predicted molar refractivity (Wildman–Crippen MR) is 91.7 cm³/mol. The van der Waals surface area contributed by atoms with Gasteiger partial charge in [0.15, 0.2) is 5.78 Å². The van der Waals surface area contributed by atoms with Crippen LogP contribution in [0.4, 0.5) is 4.79 Å². The third-order valence-electron chi connectivity index (χ3n) is 4.75. The molecule has 27 heavy (non-hydrogen) atoms. The van der Waals surface area contributed by atoms with E-state index in [1.165, 1.54) is 6.92 Å². The normalized spacial score (nSPS) is 31.9. The summed E-state index contributed by atoms with van der Waals surface area (Å²) in [6.45, 7) is 6.22. The van der Waals surface area contributed by atoms with Crippen molar-refractivity contribution in [2.24, 2.45) is 16.1 Å². The minimum absolute atomic E-state index is 0.00118. The number of imide groups is 1. The smallest absolute Gasteiger partial charge is 0.394 e. The molecule has 2 saturated heterocycles. The highest BCUT2D eigenvalue weighted by Gasteiger charge is 2.58. The maximum Gasteiger partial charge on any atom is 0.424 e. The maximum atomic E-state index is 12.9. The molecular formula is C16H25N5O6. The zero-order chi connectivity index (χ0) is 20.6. The van der Waals surface area contributed by atoms with E-state index in [4.69, 9.17) is 10.3 Å². The van der Waals surface area contributed by atoms with E-state index < -0.39 is 53.6 Å². The Morgan fingerprint density at radius 1 is 1.44 bits per heavy atom. The van der Waals surface area contributed by atoms with Gasteiger partial charge in [-0.3, -0.25) is 9.69 Å². The molecule has 11 nitrogen and oxygen atoms in total. The molecule has 0 bridgehead atoms. The number of urea groups is 1. The van der Waals surface area contributed by atoms with Crippen molar-refractivity contribution < 1.29 is 29.3 Å². The summed E-state index contributed by atoms with van der Waals surface area (Å²) in [4.78, 5) is 41.9. The molecule has 2 N–H and O–H groups in total. The Bertz CT molecular complexity index is 685. The Morgan fingerprint density at radius 2 is 2.07 bits per heavy atom. The molecule has 0 aromatic rings. The SMILES string of the molecule is CC(C)(C)CC(=O)C1(C)CN([C@H]2C[C@H](O)[C@@H](CO)O2)C(=O)N(N=[N+]=[N-])C1=O. The number of hydrogen-bond donors (Lipinski definition) is 2. The average molecular weight is 383 g/mol. The van der Waals surface area contributed by atoms with E-state index in [1.54, 1.807) is 0 Å². The van der Waals surface area contributed by atoms with E-state index in [1.807, 2.05) is 20.8 Å².